The predicted molar refractivity (Wildman–Crippen MR) is 76.9 cm³/mol. The minimum atomic E-state index is 0.0840. The fourth-order valence-electron chi connectivity index (χ4n) is 1.79. The summed E-state index contributed by atoms with van der Waals surface area (Å²) in [4.78, 5) is 15.0. The average Bonchev–Trinajstić information content (AvgIpc) is 2.48. The van der Waals surface area contributed by atoms with Crippen LogP contribution in [0.4, 0.5) is 5.95 Å². The molecule has 2 N–H and O–H groups in total. The molecule has 0 aliphatic rings. The summed E-state index contributed by atoms with van der Waals surface area (Å²) in [5, 5.41) is 7.80. The number of hydrogen-bond donors (Lipinski definition) is 1. The summed E-state index contributed by atoms with van der Waals surface area (Å²) in [7, 11) is 0. The van der Waals surface area contributed by atoms with Crippen LogP contribution < -0.4 is 10.5 Å². The summed E-state index contributed by atoms with van der Waals surface area (Å²) in [6.45, 7) is 4.26. The quantitative estimate of drug-likeness (QED) is 0.489. The van der Waals surface area contributed by atoms with E-state index in [1.165, 1.54) is 0 Å². The number of hydrogen-bond acceptors (Lipinski definition) is 7. The van der Waals surface area contributed by atoms with E-state index in [4.69, 9.17) is 15.2 Å². The molecule has 0 bridgehead atoms. The van der Waals surface area contributed by atoms with E-state index in [1.54, 1.807) is 25.1 Å². The summed E-state index contributed by atoms with van der Waals surface area (Å²) >= 11 is 0. The number of ether oxygens (including phenoxy) is 2. The van der Waals surface area contributed by atoms with Crippen LogP contribution in [0.2, 0.25) is 0 Å². The lowest BCUT2D eigenvalue weighted by atomic mass is 10.1. The number of aromatic nitrogens is 3. The molecule has 2 rings (SSSR count). The van der Waals surface area contributed by atoms with Crippen LogP contribution in [0.15, 0.2) is 18.2 Å². The highest BCUT2D eigenvalue weighted by atomic mass is 16.7. The largest absolute Gasteiger partial charge is 0.467 e. The Hall–Kier alpha value is -2.54. The third-order valence-electron chi connectivity index (χ3n) is 2.78. The Balaban J connectivity index is 2.43. The fraction of sp³-hybridized carbons (Fsp3) is 0.286. The second-order valence-electron chi connectivity index (χ2n) is 4.23. The lowest BCUT2D eigenvalue weighted by Gasteiger charge is -2.12. The first kappa shape index (κ1) is 14.9. The topological polar surface area (TPSA) is 100 Å². The van der Waals surface area contributed by atoms with Gasteiger partial charge in [-0.05, 0) is 26.0 Å². The van der Waals surface area contributed by atoms with Crippen LogP contribution in [0, 0.1) is 6.92 Å². The SMILES string of the molecule is CCOCOc1cc(C=O)ccc1-c1nnc(N)nc1C. The number of rotatable bonds is 6. The molecule has 21 heavy (non-hydrogen) atoms. The molecule has 1 aromatic carbocycles. The number of nitrogen functional groups attached to an aromatic ring is 1. The molecule has 0 fully saturated rings. The first-order chi connectivity index (χ1) is 10.2. The number of benzene rings is 1. The third-order valence-corrected chi connectivity index (χ3v) is 2.78. The van der Waals surface area contributed by atoms with E-state index in [9.17, 15) is 4.79 Å². The van der Waals surface area contributed by atoms with Gasteiger partial charge in [-0.25, -0.2) is 4.98 Å². The molecule has 0 aliphatic heterocycles. The van der Waals surface area contributed by atoms with Crippen LogP contribution in [-0.2, 0) is 4.74 Å². The Morgan fingerprint density at radius 2 is 2.14 bits per heavy atom. The highest BCUT2D eigenvalue weighted by Gasteiger charge is 2.13. The number of anilines is 1. The van der Waals surface area contributed by atoms with Crippen molar-refractivity contribution in [2.24, 2.45) is 0 Å². The van der Waals surface area contributed by atoms with Gasteiger partial charge in [-0.15, -0.1) is 10.2 Å². The summed E-state index contributed by atoms with van der Waals surface area (Å²) in [5.41, 5.74) is 7.86. The van der Waals surface area contributed by atoms with Crippen molar-refractivity contribution in [3.8, 4) is 17.0 Å². The lowest BCUT2D eigenvalue weighted by Crippen LogP contribution is -2.06. The Labute approximate surface area is 122 Å². The average molecular weight is 288 g/mol. The zero-order chi connectivity index (χ0) is 15.2. The van der Waals surface area contributed by atoms with E-state index in [-0.39, 0.29) is 12.7 Å². The van der Waals surface area contributed by atoms with Crippen LogP contribution in [0.5, 0.6) is 5.75 Å². The second-order valence-corrected chi connectivity index (χ2v) is 4.23. The molecule has 0 aliphatic carbocycles. The third kappa shape index (κ3) is 3.51. The monoisotopic (exact) mass is 288 g/mol. The van der Waals surface area contributed by atoms with Gasteiger partial charge >= 0.3 is 0 Å². The van der Waals surface area contributed by atoms with Crippen LogP contribution in [0.25, 0.3) is 11.3 Å². The Bertz CT molecular complexity index is 646. The zero-order valence-electron chi connectivity index (χ0n) is 11.9. The van der Waals surface area contributed by atoms with E-state index in [0.29, 0.717) is 34.9 Å². The first-order valence-corrected chi connectivity index (χ1v) is 6.42. The van der Waals surface area contributed by atoms with E-state index >= 15 is 0 Å². The highest BCUT2D eigenvalue weighted by Crippen LogP contribution is 2.30. The smallest absolute Gasteiger partial charge is 0.240 e. The molecule has 0 unspecified atom stereocenters. The van der Waals surface area contributed by atoms with Crippen molar-refractivity contribution in [3.63, 3.8) is 0 Å². The number of carbonyl (C=O) groups excluding carboxylic acids is 1. The minimum Gasteiger partial charge on any atom is -0.467 e. The highest BCUT2D eigenvalue weighted by molar-refractivity contribution is 5.79. The van der Waals surface area contributed by atoms with Gasteiger partial charge in [0.05, 0.1) is 5.69 Å². The maximum absolute atomic E-state index is 10.9. The van der Waals surface area contributed by atoms with Crippen molar-refractivity contribution in [2.45, 2.75) is 13.8 Å². The van der Waals surface area contributed by atoms with E-state index in [1.807, 2.05) is 6.92 Å². The molecule has 0 spiro atoms. The molecule has 0 saturated heterocycles. The van der Waals surface area contributed by atoms with Gasteiger partial charge in [0.25, 0.3) is 0 Å². The Kier molecular flexibility index (Phi) is 4.78. The van der Waals surface area contributed by atoms with Gasteiger partial charge in [0.2, 0.25) is 5.95 Å². The number of nitrogens with zero attached hydrogens (tertiary/aromatic N) is 3. The van der Waals surface area contributed by atoms with Crippen LogP contribution in [0.1, 0.15) is 23.0 Å². The van der Waals surface area contributed by atoms with Gasteiger partial charge in [0.1, 0.15) is 17.7 Å². The summed E-state index contributed by atoms with van der Waals surface area (Å²) in [6, 6.07) is 5.03. The molecular formula is C14H16N4O3. The van der Waals surface area contributed by atoms with Crippen molar-refractivity contribution in [2.75, 3.05) is 19.1 Å². The van der Waals surface area contributed by atoms with Gasteiger partial charge in [-0.2, -0.15) is 0 Å². The molecule has 0 saturated carbocycles. The molecule has 0 radical (unpaired) electrons. The maximum Gasteiger partial charge on any atom is 0.240 e. The molecule has 2 aromatic rings. The second kappa shape index (κ2) is 6.76. The predicted octanol–water partition coefficient (Wildman–Crippen LogP) is 1.61. The molecular weight excluding hydrogens is 272 g/mol. The lowest BCUT2D eigenvalue weighted by molar-refractivity contribution is 0.0227. The summed E-state index contributed by atoms with van der Waals surface area (Å²) in [6.07, 6.45) is 0.747. The molecule has 1 heterocycles. The molecule has 110 valence electrons. The van der Waals surface area contributed by atoms with Crippen molar-refractivity contribution in [1.82, 2.24) is 15.2 Å². The summed E-state index contributed by atoms with van der Waals surface area (Å²) in [5.74, 6) is 0.592. The molecule has 0 atom stereocenters. The number of aldehydes is 1. The summed E-state index contributed by atoms with van der Waals surface area (Å²) < 4.78 is 10.7. The van der Waals surface area contributed by atoms with Gasteiger partial charge in [-0.1, -0.05) is 6.07 Å². The van der Waals surface area contributed by atoms with Crippen LogP contribution in [-0.4, -0.2) is 34.9 Å². The van der Waals surface area contributed by atoms with Crippen molar-refractivity contribution in [3.05, 3.63) is 29.5 Å². The molecule has 0 amide bonds. The van der Waals surface area contributed by atoms with Gasteiger partial charge < -0.3 is 15.2 Å². The Morgan fingerprint density at radius 3 is 2.81 bits per heavy atom. The first-order valence-electron chi connectivity index (χ1n) is 6.42. The zero-order valence-corrected chi connectivity index (χ0v) is 11.9. The fourth-order valence-corrected chi connectivity index (χ4v) is 1.79. The molecule has 1 aromatic heterocycles. The number of carbonyl (C=O) groups is 1. The van der Waals surface area contributed by atoms with E-state index in [2.05, 4.69) is 15.2 Å². The minimum absolute atomic E-state index is 0.0840. The van der Waals surface area contributed by atoms with Crippen LogP contribution in [0.3, 0.4) is 0 Å². The van der Waals surface area contributed by atoms with Crippen LogP contribution >= 0.6 is 0 Å². The number of nitrogens with two attached hydrogens (primary N) is 1. The normalized spacial score (nSPS) is 10.4. The van der Waals surface area contributed by atoms with Gasteiger partial charge in [-0.3, -0.25) is 4.79 Å². The van der Waals surface area contributed by atoms with Gasteiger partial charge in [0, 0.05) is 17.7 Å². The van der Waals surface area contributed by atoms with E-state index in [0.717, 1.165) is 6.29 Å². The van der Waals surface area contributed by atoms with E-state index < -0.39 is 0 Å². The van der Waals surface area contributed by atoms with Crippen molar-refractivity contribution in [1.29, 1.82) is 0 Å². The standard InChI is InChI=1S/C14H16N4O3/c1-3-20-8-21-12-6-10(7-19)4-5-11(12)13-9(2)16-14(15)18-17-13/h4-7H,3,8H2,1-2H3,(H2,15,16,18). The molecule has 7 heteroatoms. The maximum atomic E-state index is 10.9. The van der Waals surface area contributed by atoms with Crippen molar-refractivity contribution >= 4 is 12.2 Å². The number of aryl methyl sites for hydroxylation is 1. The Morgan fingerprint density at radius 1 is 1.33 bits per heavy atom. The molecule has 7 nitrogen and oxygen atoms in total. The van der Waals surface area contributed by atoms with Crippen molar-refractivity contribution < 1.29 is 14.3 Å². The van der Waals surface area contributed by atoms with Gasteiger partial charge in [0.15, 0.2) is 6.79 Å².